The summed E-state index contributed by atoms with van der Waals surface area (Å²) in [6.45, 7) is 8.18. The first-order valence-electron chi connectivity index (χ1n) is 12.7. The van der Waals surface area contributed by atoms with Gasteiger partial charge in [-0.3, -0.25) is 4.79 Å². The van der Waals surface area contributed by atoms with Crippen LogP contribution in [-0.2, 0) is 4.79 Å². The van der Waals surface area contributed by atoms with Crippen LogP contribution >= 0.6 is 11.6 Å². The molecule has 206 valence electrons. The van der Waals surface area contributed by atoms with E-state index in [1.54, 1.807) is 42.2 Å². The molecule has 1 fully saturated rings. The van der Waals surface area contributed by atoms with Crippen molar-refractivity contribution in [1.82, 2.24) is 19.4 Å². The number of aliphatic hydroxyl groups excluding tert-OH is 1. The molecule has 2 aromatic carbocycles. The van der Waals surface area contributed by atoms with Gasteiger partial charge in [0.15, 0.2) is 5.65 Å². The number of carbonyl (C=O) groups excluding carboxylic acids is 1. The molecule has 2 unspecified atom stereocenters. The standard InChI is InChI=1S/C29H27ClFN5O4/c1-4-24(39)34-12-13-35(16(2)15-34)27-19-14-20(30)26(25-21(31)9-7-11-23(25)38)32-28(19)36(29(40)33-27)22-10-6-5-8-18(22)17(3)37/h4-11,14,16-17,37-38H,1,12-13,15H2,2-3H3. The zero-order chi connectivity index (χ0) is 28.7. The number of phenolic OH excluding ortho intramolecular Hbond substituents is 1. The first-order chi connectivity index (χ1) is 19.1. The number of pyridine rings is 1. The van der Waals surface area contributed by atoms with E-state index < -0.39 is 17.6 Å². The average molecular weight is 564 g/mol. The van der Waals surface area contributed by atoms with Crippen LogP contribution in [0.1, 0.15) is 25.5 Å². The third-order valence-corrected chi connectivity index (χ3v) is 7.33. The number of para-hydroxylation sites is 1. The van der Waals surface area contributed by atoms with Gasteiger partial charge >= 0.3 is 5.69 Å². The quantitative estimate of drug-likeness (QED) is 0.350. The van der Waals surface area contributed by atoms with Gasteiger partial charge in [-0.05, 0) is 44.2 Å². The molecule has 11 heteroatoms. The molecule has 9 nitrogen and oxygen atoms in total. The van der Waals surface area contributed by atoms with Gasteiger partial charge in [0.2, 0.25) is 5.91 Å². The van der Waals surface area contributed by atoms with Crippen LogP contribution in [0.2, 0.25) is 5.02 Å². The maximum absolute atomic E-state index is 14.9. The molecule has 2 atom stereocenters. The Morgan fingerprint density at radius 1 is 1.20 bits per heavy atom. The lowest BCUT2D eigenvalue weighted by molar-refractivity contribution is -0.126. The van der Waals surface area contributed by atoms with Gasteiger partial charge in [-0.2, -0.15) is 4.98 Å². The molecule has 40 heavy (non-hydrogen) atoms. The minimum atomic E-state index is -0.921. The predicted octanol–water partition coefficient (Wildman–Crippen LogP) is 4.22. The van der Waals surface area contributed by atoms with Gasteiger partial charge in [-0.15, -0.1) is 0 Å². The monoisotopic (exact) mass is 563 g/mol. The summed E-state index contributed by atoms with van der Waals surface area (Å²) in [5.41, 5.74) is -0.0238. The number of phenols is 1. The summed E-state index contributed by atoms with van der Waals surface area (Å²) in [5, 5.41) is 21.4. The Morgan fingerprint density at radius 2 is 1.95 bits per heavy atom. The molecule has 3 heterocycles. The van der Waals surface area contributed by atoms with E-state index in [-0.39, 0.29) is 39.6 Å². The fourth-order valence-electron chi connectivity index (χ4n) is 5.11. The van der Waals surface area contributed by atoms with E-state index in [0.29, 0.717) is 42.1 Å². The third-order valence-electron chi connectivity index (χ3n) is 7.04. The largest absolute Gasteiger partial charge is 0.507 e. The summed E-state index contributed by atoms with van der Waals surface area (Å²) >= 11 is 6.65. The number of nitrogens with zero attached hydrogens (tertiary/aromatic N) is 5. The van der Waals surface area contributed by atoms with Crippen molar-refractivity contribution in [1.29, 1.82) is 0 Å². The maximum Gasteiger partial charge on any atom is 0.355 e. The van der Waals surface area contributed by atoms with E-state index in [2.05, 4.69) is 16.5 Å². The highest BCUT2D eigenvalue weighted by atomic mass is 35.5. The lowest BCUT2D eigenvalue weighted by atomic mass is 10.1. The van der Waals surface area contributed by atoms with Crippen LogP contribution < -0.4 is 10.6 Å². The number of fused-ring (bicyclic) bond motifs is 1. The van der Waals surface area contributed by atoms with Crippen molar-refractivity contribution in [3.05, 3.63) is 88.1 Å². The number of hydrogen-bond acceptors (Lipinski definition) is 7. The van der Waals surface area contributed by atoms with Crippen LogP contribution in [0.5, 0.6) is 5.75 Å². The molecular weight excluding hydrogens is 537 g/mol. The first-order valence-corrected chi connectivity index (χ1v) is 13.1. The minimum Gasteiger partial charge on any atom is -0.507 e. The van der Waals surface area contributed by atoms with Gasteiger partial charge < -0.3 is 20.0 Å². The van der Waals surface area contributed by atoms with E-state index in [1.807, 2.05) is 11.8 Å². The molecule has 1 aliphatic rings. The lowest BCUT2D eigenvalue weighted by Gasteiger charge is -2.40. The van der Waals surface area contributed by atoms with Crippen molar-refractivity contribution in [2.75, 3.05) is 24.5 Å². The number of benzene rings is 2. The molecule has 0 radical (unpaired) electrons. The van der Waals surface area contributed by atoms with Crippen molar-refractivity contribution >= 4 is 34.4 Å². The Balaban J connectivity index is 1.80. The molecule has 0 spiro atoms. The molecule has 1 amide bonds. The van der Waals surface area contributed by atoms with Crippen molar-refractivity contribution in [2.45, 2.75) is 26.0 Å². The number of aromatic nitrogens is 3. The zero-order valence-electron chi connectivity index (χ0n) is 21.9. The fourth-order valence-corrected chi connectivity index (χ4v) is 5.36. The lowest BCUT2D eigenvalue weighted by Crippen LogP contribution is -2.54. The second kappa shape index (κ2) is 10.7. The Hall–Kier alpha value is -4.28. The molecule has 1 aliphatic heterocycles. The van der Waals surface area contributed by atoms with E-state index in [1.165, 1.54) is 28.8 Å². The normalized spacial score (nSPS) is 16.3. The van der Waals surface area contributed by atoms with Crippen LogP contribution in [-0.4, -0.2) is 61.2 Å². The SMILES string of the molecule is C=CC(=O)N1CCN(c2nc(=O)n(-c3ccccc3C(C)O)c3nc(-c4c(O)cccc4F)c(Cl)cc23)C(C)C1. The van der Waals surface area contributed by atoms with Gasteiger partial charge in [0.05, 0.1) is 33.5 Å². The molecule has 0 bridgehead atoms. The first kappa shape index (κ1) is 27.3. The Kier molecular flexibility index (Phi) is 7.31. The van der Waals surface area contributed by atoms with Crippen molar-refractivity contribution in [3.8, 4) is 22.7 Å². The number of aliphatic hydroxyl groups is 1. The molecule has 2 N–H and O–H groups in total. The molecule has 0 aliphatic carbocycles. The number of piperazine rings is 1. The van der Waals surface area contributed by atoms with Gasteiger partial charge in [-0.25, -0.2) is 18.7 Å². The van der Waals surface area contributed by atoms with Gasteiger partial charge in [0, 0.05) is 31.2 Å². The number of hydrogen-bond donors (Lipinski definition) is 2. The van der Waals surface area contributed by atoms with Crippen molar-refractivity contribution in [2.24, 2.45) is 0 Å². The molecule has 2 aromatic heterocycles. The summed E-state index contributed by atoms with van der Waals surface area (Å²) in [6.07, 6.45) is 0.343. The van der Waals surface area contributed by atoms with Gasteiger partial charge in [0.25, 0.3) is 0 Å². The highest BCUT2D eigenvalue weighted by Gasteiger charge is 2.30. The highest BCUT2D eigenvalue weighted by Crippen LogP contribution is 2.39. The highest BCUT2D eigenvalue weighted by molar-refractivity contribution is 6.34. The van der Waals surface area contributed by atoms with Gasteiger partial charge in [-0.1, -0.05) is 42.4 Å². The summed E-state index contributed by atoms with van der Waals surface area (Å²) in [4.78, 5) is 38.6. The predicted molar refractivity (Wildman–Crippen MR) is 151 cm³/mol. The summed E-state index contributed by atoms with van der Waals surface area (Å²) < 4.78 is 16.2. The van der Waals surface area contributed by atoms with E-state index in [0.717, 1.165) is 0 Å². The number of anilines is 1. The van der Waals surface area contributed by atoms with Crippen LogP contribution in [0, 0.1) is 5.82 Å². The van der Waals surface area contributed by atoms with Gasteiger partial charge in [0.1, 0.15) is 17.4 Å². The third kappa shape index (κ3) is 4.69. The molecule has 4 aromatic rings. The smallest absolute Gasteiger partial charge is 0.355 e. The van der Waals surface area contributed by atoms with E-state index in [4.69, 9.17) is 11.6 Å². The molecule has 5 rings (SSSR count). The number of carbonyl (C=O) groups is 1. The van der Waals surface area contributed by atoms with Crippen LogP contribution in [0.4, 0.5) is 10.2 Å². The number of rotatable bonds is 5. The molecular formula is C29H27ClFN5O4. The minimum absolute atomic E-state index is 0.0399. The Labute approximate surface area is 234 Å². The van der Waals surface area contributed by atoms with Crippen molar-refractivity contribution < 1.29 is 19.4 Å². The number of halogens is 2. The average Bonchev–Trinajstić information content (AvgIpc) is 2.92. The topological polar surface area (TPSA) is 112 Å². The Bertz CT molecular complexity index is 1690. The number of aromatic hydroxyl groups is 1. The number of amides is 1. The Morgan fingerprint density at radius 3 is 2.62 bits per heavy atom. The second-order valence-corrected chi connectivity index (χ2v) is 10.1. The summed E-state index contributed by atoms with van der Waals surface area (Å²) in [7, 11) is 0. The van der Waals surface area contributed by atoms with E-state index >= 15 is 0 Å². The fraction of sp³-hybridized carbons (Fsp3) is 0.241. The summed E-state index contributed by atoms with van der Waals surface area (Å²) in [5.74, 6) is -0.980. The summed E-state index contributed by atoms with van der Waals surface area (Å²) in [6, 6.07) is 12.0. The van der Waals surface area contributed by atoms with Crippen LogP contribution in [0.3, 0.4) is 0 Å². The second-order valence-electron chi connectivity index (χ2n) is 9.64. The van der Waals surface area contributed by atoms with Crippen LogP contribution in [0.15, 0.2) is 66.0 Å². The van der Waals surface area contributed by atoms with Crippen LogP contribution in [0.25, 0.3) is 28.0 Å². The zero-order valence-corrected chi connectivity index (χ0v) is 22.6. The van der Waals surface area contributed by atoms with Crippen molar-refractivity contribution in [3.63, 3.8) is 0 Å². The molecule has 0 saturated carbocycles. The maximum atomic E-state index is 14.9. The molecule has 1 saturated heterocycles. The van der Waals surface area contributed by atoms with E-state index in [9.17, 15) is 24.2 Å².